The van der Waals surface area contributed by atoms with Crippen molar-refractivity contribution in [3.05, 3.63) is 35.4 Å². The van der Waals surface area contributed by atoms with Crippen LogP contribution in [0.15, 0.2) is 24.3 Å². The highest BCUT2D eigenvalue weighted by Crippen LogP contribution is 2.17. The first kappa shape index (κ1) is 12.0. The van der Waals surface area contributed by atoms with Crippen molar-refractivity contribution in [2.75, 3.05) is 0 Å². The number of carbonyl (C=O) groups excluding carboxylic acids is 1. The van der Waals surface area contributed by atoms with Gasteiger partial charge in [-0.05, 0) is 30.4 Å². The number of rotatable bonds is 4. The number of carbonyl (C=O) groups is 1. The summed E-state index contributed by atoms with van der Waals surface area (Å²) in [6, 6.07) is 8.41. The molecule has 0 aliphatic heterocycles. The number of Topliss-reactive ketones (excluding diaryl/α,β-unsaturated/α-hetero) is 1. The largest absolute Gasteiger partial charge is 0.299 e. The average molecular weight is 204 g/mol. The van der Waals surface area contributed by atoms with Gasteiger partial charge in [-0.3, -0.25) is 4.79 Å². The molecule has 15 heavy (non-hydrogen) atoms. The van der Waals surface area contributed by atoms with Crippen molar-refractivity contribution < 1.29 is 4.79 Å². The van der Waals surface area contributed by atoms with Gasteiger partial charge in [0.15, 0.2) is 0 Å². The Morgan fingerprint density at radius 1 is 1.13 bits per heavy atom. The van der Waals surface area contributed by atoms with E-state index in [1.165, 1.54) is 5.56 Å². The molecule has 0 unspecified atom stereocenters. The van der Waals surface area contributed by atoms with Gasteiger partial charge in [0.1, 0.15) is 5.78 Å². The molecule has 1 atom stereocenters. The van der Waals surface area contributed by atoms with Crippen molar-refractivity contribution in [2.45, 2.75) is 40.0 Å². The Kier molecular flexibility index (Phi) is 4.07. The second kappa shape index (κ2) is 5.11. The summed E-state index contributed by atoms with van der Waals surface area (Å²) < 4.78 is 0. The number of ketones is 1. The Labute approximate surface area is 92.5 Å². The van der Waals surface area contributed by atoms with E-state index in [9.17, 15) is 4.79 Å². The van der Waals surface area contributed by atoms with Crippen LogP contribution < -0.4 is 0 Å². The van der Waals surface area contributed by atoms with Crippen LogP contribution in [0.25, 0.3) is 0 Å². The quantitative estimate of drug-likeness (QED) is 0.732. The molecule has 1 aromatic carbocycles. The van der Waals surface area contributed by atoms with E-state index in [4.69, 9.17) is 0 Å². The fourth-order valence-corrected chi connectivity index (χ4v) is 1.65. The van der Waals surface area contributed by atoms with Crippen LogP contribution in [0.3, 0.4) is 0 Å². The molecule has 82 valence electrons. The highest BCUT2D eigenvalue weighted by atomic mass is 16.1. The molecule has 0 bridgehead atoms. The zero-order valence-corrected chi connectivity index (χ0v) is 10.1. The van der Waals surface area contributed by atoms with Crippen molar-refractivity contribution in [3.8, 4) is 0 Å². The van der Waals surface area contributed by atoms with Crippen molar-refractivity contribution in [1.29, 1.82) is 0 Å². The number of hydrogen-bond acceptors (Lipinski definition) is 1. The third-order valence-electron chi connectivity index (χ3n) is 2.73. The second-order valence-electron chi connectivity index (χ2n) is 4.67. The summed E-state index contributed by atoms with van der Waals surface area (Å²) >= 11 is 0. The average Bonchev–Trinajstić information content (AvgIpc) is 2.17. The molecular formula is C14H20O. The van der Waals surface area contributed by atoms with Crippen molar-refractivity contribution in [1.82, 2.24) is 0 Å². The van der Waals surface area contributed by atoms with Crippen molar-refractivity contribution >= 4 is 5.78 Å². The predicted octanol–water partition coefficient (Wildman–Crippen LogP) is 3.58. The highest BCUT2D eigenvalue weighted by Gasteiger charge is 2.09. The van der Waals surface area contributed by atoms with Gasteiger partial charge in [0.25, 0.3) is 0 Å². The lowest BCUT2D eigenvalue weighted by molar-refractivity contribution is -0.118. The molecule has 0 N–H and O–H groups in total. The lowest BCUT2D eigenvalue weighted by atomic mass is 9.95. The minimum absolute atomic E-state index is 0.0260. The molecule has 1 heteroatoms. The Balaban J connectivity index is 2.76. The molecule has 0 aliphatic rings. The first-order valence-corrected chi connectivity index (χ1v) is 5.60. The summed E-state index contributed by atoms with van der Waals surface area (Å²) in [6.07, 6.45) is 1.11. The van der Waals surface area contributed by atoms with Gasteiger partial charge in [-0.25, -0.2) is 0 Å². The van der Waals surface area contributed by atoms with Crippen LogP contribution in [0.5, 0.6) is 0 Å². The van der Waals surface area contributed by atoms with Gasteiger partial charge in [0.2, 0.25) is 0 Å². The van der Waals surface area contributed by atoms with Gasteiger partial charge in [0.05, 0.1) is 0 Å². The van der Waals surface area contributed by atoms with Crippen LogP contribution in [0.1, 0.15) is 44.7 Å². The molecule has 0 aromatic heterocycles. The van der Waals surface area contributed by atoms with Gasteiger partial charge in [-0.15, -0.1) is 0 Å². The monoisotopic (exact) mass is 204 g/mol. The minimum atomic E-state index is 0.0260. The molecule has 0 saturated carbocycles. The summed E-state index contributed by atoms with van der Waals surface area (Å²) in [5, 5.41) is 0. The molecule has 0 heterocycles. The summed E-state index contributed by atoms with van der Waals surface area (Å²) in [6.45, 7) is 8.03. The molecule has 0 radical (unpaired) electrons. The molecule has 1 aromatic rings. The molecule has 0 saturated heterocycles. The highest BCUT2D eigenvalue weighted by molar-refractivity contribution is 5.82. The normalized spacial score (nSPS) is 12.9. The van der Waals surface area contributed by atoms with Gasteiger partial charge in [-0.2, -0.15) is 0 Å². The number of hydrogen-bond donors (Lipinski definition) is 0. The second-order valence-corrected chi connectivity index (χ2v) is 4.67. The van der Waals surface area contributed by atoms with Crippen LogP contribution in [-0.2, 0) is 11.2 Å². The van der Waals surface area contributed by atoms with Crippen LogP contribution in [0.2, 0.25) is 0 Å². The van der Waals surface area contributed by atoms with Gasteiger partial charge < -0.3 is 0 Å². The van der Waals surface area contributed by atoms with E-state index < -0.39 is 0 Å². The summed E-state index contributed by atoms with van der Waals surface area (Å²) in [5.41, 5.74) is 2.47. The van der Waals surface area contributed by atoms with E-state index >= 15 is 0 Å². The summed E-state index contributed by atoms with van der Waals surface area (Å²) in [4.78, 5) is 11.2. The van der Waals surface area contributed by atoms with Gasteiger partial charge in [-0.1, -0.05) is 45.0 Å². The third-order valence-corrected chi connectivity index (χ3v) is 2.73. The molecule has 0 fully saturated rings. The fourth-order valence-electron chi connectivity index (χ4n) is 1.65. The van der Waals surface area contributed by atoms with E-state index in [-0.39, 0.29) is 11.7 Å². The van der Waals surface area contributed by atoms with E-state index in [0.29, 0.717) is 5.92 Å². The molecule has 1 rings (SSSR count). The van der Waals surface area contributed by atoms with Crippen LogP contribution >= 0.6 is 0 Å². The Morgan fingerprint density at radius 3 is 2.07 bits per heavy atom. The minimum Gasteiger partial charge on any atom is -0.299 e. The Bertz CT molecular complexity index is 322. The third kappa shape index (κ3) is 3.50. The molecule has 0 amide bonds. The first-order chi connectivity index (χ1) is 7.00. The van der Waals surface area contributed by atoms with Crippen LogP contribution in [0, 0.1) is 5.92 Å². The Hall–Kier alpha value is -1.11. The SMILES string of the molecule is CC(=O)[C@@H](C)c1ccc(CC(C)C)cc1. The smallest absolute Gasteiger partial charge is 0.136 e. The zero-order valence-electron chi connectivity index (χ0n) is 10.1. The molecule has 0 aliphatic carbocycles. The maximum Gasteiger partial charge on any atom is 0.136 e. The van der Waals surface area contributed by atoms with Crippen molar-refractivity contribution in [2.24, 2.45) is 5.92 Å². The van der Waals surface area contributed by atoms with Crippen LogP contribution in [0.4, 0.5) is 0 Å². The lowest BCUT2D eigenvalue weighted by Gasteiger charge is -2.10. The topological polar surface area (TPSA) is 17.1 Å². The van der Waals surface area contributed by atoms with Gasteiger partial charge >= 0.3 is 0 Å². The van der Waals surface area contributed by atoms with E-state index in [2.05, 4.69) is 38.1 Å². The van der Waals surface area contributed by atoms with Gasteiger partial charge in [0, 0.05) is 5.92 Å². The fraction of sp³-hybridized carbons (Fsp3) is 0.500. The Morgan fingerprint density at radius 2 is 1.67 bits per heavy atom. The zero-order chi connectivity index (χ0) is 11.4. The van der Waals surface area contributed by atoms with Crippen molar-refractivity contribution in [3.63, 3.8) is 0 Å². The summed E-state index contributed by atoms with van der Waals surface area (Å²) in [7, 11) is 0. The van der Waals surface area contributed by atoms with E-state index in [1.54, 1.807) is 6.92 Å². The van der Waals surface area contributed by atoms with E-state index in [0.717, 1.165) is 12.0 Å². The maximum absolute atomic E-state index is 11.2. The molecular weight excluding hydrogens is 184 g/mol. The van der Waals surface area contributed by atoms with Crippen LogP contribution in [-0.4, -0.2) is 5.78 Å². The standard InChI is InChI=1S/C14H20O/c1-10(2)9-13-5-7-14(8-6-13)11(3)12(4)15/h5-8,10-11H,9H2,1-4H3/t11-/m1/s1. The van der Waals surface area contributed by atoms with E-state index in [1.807, 2.05) is 6.92 Å². The lowest BCUT2D eigenvalue weighted by Crippen LogP contribution is -2.04. The molecule has 0 spiro atoms. The number of benzene rings is 1. The first-order valence-electron chi connectivity index (χ1n) is 5.60. The predicted molar refractivity (Wildman–Crippen MR) is 64.1 cm³/mol. The summed E-state index contributed by atoms with van der Waals surface area (Å²) in [5.74, 6) is 0.936. The molecule has 1 nitrogen and oxygen atoms in total. The maximum atomic E-state index is 11.2.